The summed E-state index contributed by atoms with van der Waals surface area (Å²) in [6.07, 6.45) is 0. The standard InChI is InChI=1S/2C12H9O3.Fe/c2*13-10-5-7-11(8-6-10)15-12(14)9-3-1-2-4-9;/h2*1-8,13H;. The van der Waals surface area contributed by atoms with E-state index in [0.717, 1.165) is 19.3 Å². The number of phenolic OH excluding ortho intramolecular Hbond substituents is 2. The molecule has 7 heteroatoms. The summed E-state index contributed by atoms with van der Waals surface area (Å²) in [4.78, 5) is 32.5. The van der Waals surface area contributed by atoms with Crippen molar-refractivity contribution in [3.8, 4) is 23.0 Å². The number of carbonyl (C=O) groups excluding carboxylic acids is 2. The molecule has 2 aromatic rings. The minimum atomic E-state index is -4.40. The number of phenols is 2. The summed E-state index contributed by atoms with van der Waals surface area (Å²) in [7, 11) is 0. The zero-order valence-electron chi connectivity index (χ0n) is 16.1. The van der Waals surface area contributed by atoms with Crippen molar-refractivity contribution in [2.45, 2.75) is 47.2 Å². The molecule has 6 nitrogen and oxygen atoms in total. The van der Waals surface area contributed by atoms with Gasteiger partial charge in [-0.1, -0.05) is 0 Å². The van der Waals surface area contributed by atoms with Crippen molar-refractivity contribution in [3.63, 3.8) is 0 Å². The Morgan fingerprint density at radius 3 is 1.26 bits per heavy atom. The number of fused-ring (bicyclic) bond motifs is 10. The number of hydrogen-bond acceptors (Lipinski definition) is 6. The van der Waals surface area contributed by atoms with Gasteiger partial charge in [-0.3, -0.25) is 0 Å². The van der Waals surface area contributed by atoms with Crippen LogP contribution in [0.3, 0.4) is 0 Å². The fourth-order valence-electron chi connectivity index (χ4n) is 19.0. The van der Waals surface area contributed by atoms with Gasteiger partial charge in [-0.15, -0.1) is 0 Å². The molecule has 1 spiro atoms. The van der Waals surface area contributed by atoms with Crippen LogP contribution in [0.4, 0.5) is 0 Å². The van der Waals surface area contributed by atoms with E-state index in [1.807, 2.05) is 0 Å². The molecular formula is C24H18FeO6. The average molecular weight is 458 g/mol. The minimum absolute atomic E-state index is 0.0542. The molecule has 12 rings (SSSR count). The third-order valence-electron chi connectivity index (χ3n) is 17.5. The van der Waals surface area contributed by atoms with Gasteiger partial charge < -0.3 is 0 Å². The Morgan fingerprint density at radius 1 is 0.645 bits per heavy atom. The number of carbonyl (C=O) groups is 2. The van der Waals surface area contributed by atoms with E-state index in [0.29, 0.717) is 30.8 Å². The molecule has 158 valence electrons. The van der Waals surface area contributed by atoms with Crippen molar-refractivity contribution in [3.05, 3.63) is 48.5 Å². The first-order chi connectivity index (χ1) is 14.7. The van der Waals surface area contributed by atoms with Crippen LogP contribution in [0.5, 0.6) is 23.0 Å². The SMILES string of the molecule is O=C(Oc1ccc(O)cc1)[C]12[CH]3[CH]4[CH]5[CH]1[Fe]45321678[CH]2[CH]1[CH]6[C]7(C(=O)Oc1ccc(O)cc1)[CH]28. The Labute approximate surface area is 166 Å². The Hall–Kier alpha value is -2.50. The van der Waals surface area contributed by atoms with Crippen molar-refractivity contribution in [1.82, 2.24) is 0 Å². The van der Waals surface area contributed by atoms with Gasteiger partial charge in [0.1, 0.15) is 0 Å². The number of esters is 2. The zero-order valence-corrected chi connectivity index (χ0v) is 17.2. The molecule has 10 fully saturated rings. The fraction of sp³-hybridized carbons (Fsp3) is 0.417. The monoisotopic (exact) mass is 458 g/mol. The summed E-state index contributed by atoms with van der Waals surface area (Å²) in [5, 5.41) is 19.1. The van der Waals surface area contributed by atoms with Crippen molar-refractivity contribution >= 4 is 11.9 Å². The molecule has 10 saturated heterocycles. The van der Waals surface area contributed by atoms with E-state index in [1.165, 1.54) is 24.3 Å². The summed E-state index contributed by atoms with van der Waals surface area (Å²) in [6, 6.07) is 12.7. The third kappa shape index (κ3) is 0.258. The van der Waals surface area contributed by atoms with Gasteiger partial charge in [-0.2, -0.15) is 0 Å². The average Bonchev–Trinajstić information content (AvgIpc) is 3.70. The molecule has 2 aromatic carbocycles. The first-order valence-corrected chi connectivity index (χ1v) is 17.2. The number of rotatable bonds is 4. The van der Waals surface area contributed by atoms with Gasteiger partial charge in [0.05, 0.1) is 0 Å². The first-order valence-electron chi connectivity index (χ1n) is 11.0. The van der Waals surface area contributed by atoms with Crippen molar-refractivity contribution in [2.75, 3.05) is 0 Å². The van der Waals surface area contributed by atoms with Gasteiger partial charge in [0.25, 0.3) is 0 Å². The van der Waals surface area contributed by atoms with Crippen molar-refractivity contribution in [2.24, 2.45) is 0 Å². The van der Waals surface area contributed by atoms with Gasteiger partial charge in [0, 0.05) is 0 Å². The van der Waals surface area contributed by atoms with E-state index in [2.05, 4.69) is 0 Å². The van der Waals surface area contributed by atoms with Crippen LogP contribution >= 0.6 is 0 Å². The quantitative estimate of drug-likeness (QED) is 0.391. The number of ether oxygens (including phenoxy) is 2. The van der Waals surface area contributed by atoms with Crippen LogP contribution in [0.15, 0.2) is 48.5 Å². The van der Waals surface area contributed by atoms with E-state index in [1.54, 1.807) is 24.3 Å². The summed E-state index contributed by atoms with van der Waals surface area (Å²) in [5.41, 5.74) is 0. The van der Waals surface area contributed by atoms with E-state index in [-0.39, 0.29) is 32.1 Å². The Morgan fingerprint density at radius 2 is 0.968 bits per heavy atom. The first kappa shape index (κ1) is 13.8. The Balaban J connectivity index is 1.04. The van der Waals surface area contributed by atoms with Crippen LogP contribution in [-0.2, 0) is 16.1 Å². The topological polar surface area (TPSA) is 93.1 Å². The van der Waals surface area contributed by atoms with Gasteiger partial charge in [-0.05, 0) is 0 Å². The molecule has 8 atom stereocenters. The Bertz CT molecular complexity index is 1660. The van der Waals surface area contributed by atoms with E-state index in [9.17, 15) is 19.8 Å². The van der Waals surface area contributed by atoms with Gasteiger partial charge in [0.15, 0.2) is 0 Å². The molecule has 0 aromatic heterocycles. The molecule has 2 N–H and O–H groups in total. The molecule has 0 amide bonds. The van der Waals surface area contributed by atoms with Crippen LogP contribution < -0.4 is 9.47 Å². The molecule has 10 aliphatic heterocycles. The molecule has 10 aliphatic rings. The van der Waals surface area contributed by atoms with Crippen LogP contribution in [0, 0.1) is 0 Å². The molecule has 10 heterocycles. The normalized spacial score (nSPS) is 72.4. The zero-order chi connectivity index (χ0) is 20.5. The third-order valence-corrected chi connectivity index (χ3v) is 60.1. The summed E-state index contributed by atoms with van der Waals surface area (Å²) >= 11 is 0. The maximum atomic E-state index is 13.8. The number of hydrogen-bond donors (Lipinski definition) is 2. The van der Waals surface area contributed by atoms with Crippen molar-refractivity contribution < 1.29 is 35.8 Å². The maximum absolute atomic E-state index is 13.8. The van der Waals surface area contributed by atoms with E-state index < -0.39 is 6.51 Å². The number of benzene rings is 2. The van der Waals surface area contributed by atoms with E-state index in [4.69, 9.17) is 9.47 Å². The van der Waals surface area contributed by atoms with E-state index >= 15 is 0 Å². The predicted molar refractivity (Wildman–Crippen MR) is 103 cm³/mol. The van der Waals surface area contributed by atoms with Crippen LogP contribution in [0.2, 0.25) is 47.2 Å². The molecular weight excluding hydrogens is 440 g/mol. The molecule has 31 heavy (non-hydrogen) atoms. The van der Waals surface area contributed by atoms with Crippen LogP contribution in [-0.4, -0.2) is 22.2 Å². The molecule has 0 bridgehead atoms. The number of aromatic hydroxyl groups is 2. The second-order valence-electron chi connectivity index (χ2n) is 13.5. The van der Waals surface area contributed by atoms with Gasteiger partial charge in [-0.25, -0.2) is 0 Å². The molecule has 0 saturated carbocycles. The Kier molecular flexibility index (Phi) is 0.759. The summed E-state index contributed by atoms with van der Waals surface area (Å²) < 4.78 is 11.4. The van der Waals surface area contributed by atoms with Gasteiger partial charge in [0.2, 0.25) is 0 Å². The predicted octanol–water partition coefficient (Wildman–Crippen LogP) is 4.74. The molecule has 0 aliphatic carbocycles. The summed E-state index contributed by atoms with van der Waals surface area (Å²) in [5.74, 6) is 1.16. The van der Waals surface area contributed by atoms with Gasteiger partial charge >= 0.3 is 166 Å². The second-order valence-corrected chi connectivity index (χ2v) is 36.7. The van der Waals surface area contributed by atoms with Crippen molar-refractivity contribution in [1.29, 1.82) is 0 Å². The summed E-state index contributed by atoms with van der Waals surface area (Å²) in [6.45, 7) is -4.40. The molecule has 8 unspecified atom stereocenters. The second kappa shape index (κ2) is 1.70. The fourth-order valence-corrected chi connectivity index (χ4v) is 93.9. The van der Waals surface area contributed by atoms with Crippen LogP contribution in [0.1, 0.15) is 0 Å². The van der Waals surface area contributed by atoms with Crippen LogP contribution in [0.25, 0.3) is 0 Å². The molecule has 0 radical (unpaired) electrons.